The summed E-state index contributed by atoms with van der Waals surface area (Å²) in [7, 11) is 0. The van der Waals surface area contributed by atoms with E-state index in [-0.39, 0.29) is 17.5 Å². The van der Waals surface area contributed by atoms with Crippen LogP contribution in [0.25, 0.3) is 0 Å². The van der Waals surface area contributed by atoms with Crippen LogP contribution in [0.5, 0.6) is 5.75 Å². The number of nitro benzene ring substituents is 1. The molecule has 0 aliphatic carbocycles. The normalized spacial score (nSPS) is 21.3. The van der Waals surface area contributed by atoms with Crippen molar-refractivity contribution < 1.29 is 9.66 Å². The molecule has 0 saturated carbocycles. The van der Waals surface area contributed by atoms with Crippen LogP contribution >= 0.6 is 0 Å². The largest absolute Gasteiger partial charge is 0.493 e. The number of benzene rings is 1. The molecule has 18 heavy (non-hydrogen) atoms. The highest BCUT2D eigenvalue weighted by Gasteiger charge is 2.31. The first-order valence-corrected chi connectivity index (χ1v) is 5.57. The van der Waals surface area contributed by atoms with Gasteiger partial charge in [0.2, 0.25) is 0 Å². The summed E-state index contributed by atoms with van der Waals surface area (Å²) in [6.45, 7) is 6.25. The van der Waals surface area contributed by atoms with Crippen molar-refractivity contribution in [3.8, 4) is 18.1 Å². The molecule has 4 nitrogen and oxygen atoms in total. The minimum absolute atomic E-state index is 0.00417. The zero-order chi connectivity index (χ0) is 13.3. The number of hydrogen-bond donors (Lipinski definition) is 0. The van der Waals surface area contributed by atoms with Crippen LogP contribution in [-0.2, 0) is 0 Å². The second-order valence-corrected chi connectivity index (χ2v) is 4.39. The third kappa shape index (κ3) is 1.95. The lowest BCUT2D eigenvalue weighted by molar-refractivity contribution is -0.385. The fourth-order valence-corrected chi connectivity index (χ4v) is 2.15. The Bertz CT molecular complexity index is 557. The van der Waals surface area contributed by atoms with Gasteiger partial charge in [0.25, 0.3) is 5.69 Å². The van der Waals surface area contributed by atoms with Gasteiger partial charge in [0.05, 0.1) is 17.4 Å². The zero-order valence-electron chi connectivity index (χ0n) is 10.1. The van der Waals surface area contributed by atoms with E-state index in [1.807, 2.05) is 6.92 Å². The first-order chi connectivity index (χ1) is 8.54. The fraction of sp³-hybridized carbons (Fsp3) is 0.286. The lowest BCUT2D eigenvalue weighted by atomic mass is 9.81. The molecule has 0 radical (unpaired) electrons. The molecule has 0 N–H and O–H groups in total. The van der Waals surface area contributed by atoms with Crippen molar-refractivity contribution in [2.24, 2.45) is 5.92 Å². The van der Waals surface area contributed by atoms with Crippen molar-refractivity contribution in [3.05, 3.63) is 46.0 Å². The Hall–Kier alpha value is -2.28. The van der Waals surface area contributed by atoms with Gasteiger partial charge in [-0.25, -0.2) is 0 Å². The summed E-state index contributed by atoms with van der Waals surface area (Å²) in [5, 5.41) is 10.8. The van der Waals surface area contributed by atoms with Gasteiger partial charge in [0.15, 0.2) is 0 Å². The van der Waals surface area contributed by atoms with E-state index >= 15 is 0 Å². The van der Waals surface area contributed by atoms with Crippen molar-refractivity contribution in [1.29, 1.82) is 0 Å². The van der Waals surface area contributed by atoms with Crippen molar-refractivity contribution in [2.75, 3.05) is 6.61 Å². The number of ether oxygens (including phenoxy) is 1. The summed E-state index contributed by atoms with van der Waals surface area (Å²) < 4.78 is 5.59. The Balaban J connectivity index is 2.50. The second-order valence-electron chi connectivity index (χ2n) is 4.39. The summed E-state index contributed by atoms with van der Waals surface area (Å²) in [5.74, 6) is 3.11. The van der Waals surface area contributed by atoms with Crippen LogP contribution < -0.4 is 4.74 Å². The van der Waals surface area contributed by atoms with Gasteiger partial charge in [0.1, 0.15) is 5.75 Å². The summed E-state index contributed by atoms with van der Waals surface area (Å²) in [6, 6.07) is 4.52. The first-order valence-electron chi connectivity index (χ1n) is 5.57. The van der Waals surface area contributed by atoms with E-state index in [0.29, 0.717) is 17.9 Å². The molecule has 0 bridgehead atoms. The lowest BCUT2D eigenvalue weighted by Crippen LogP contribution is -2.26. The molecule has 0 aromatic heterocycles. The van der Waals surface area contributed by atoms with Gasteiger partial charge in [-0.3, -0.25) is 10.1 Å². The number of fused-ring (bicyclic) bond motifs is 1. The van der Waals surface area contributed by atoms with E-state index in [2.05, 4.69) is 12.5 Å². The molecule has 0 spiro atoms. The maximum atomic E-state index is 10.8. The predicted molar refractivity (Wildman–Crippen MR) is 68.5 cm³/mol. The molecule has 1 heterocycles. The molecule has 2 unspecified atom stereocenters. The molecule has 2 atom stereocenters. The van der Waals surface area contributed by atoms with E-state index < -0.39 is 4.92 Å². The van der Waals surface area contributed by atoms with Crippen LogP contribution in [0.2, 0.25) is 0 Å². The molecular formula is C14H13NO3. The third-order valence-corrected chi connectivity index (χ3v) is 3.17. The Kier molecular flexibility index (Phi) is 3.07. The quantitative estimate of drug-likeness (QED) is 0.347. The molecule has 0 fully saturated rings. The lowest BCUT2D eigenvalue weighted by Gasteiger charge is -2.30. The standard InChI is InChI=1S/C14H13NO3/c1-4-11-12-7-10(15(16)17)5-6-14(12)18-8-13(11)9(2)3/h1,5-7,11,13H,2,8H2,3H3. The predicted octanol–water partition coefficient (Wildman–Crippen LogP) is 2.90. The van der Waals surface area contributed by atoms with Crippen LogP contribution in [0, 0.1) is 28.4 Å². The fourth-order valence-electron chi connectivity index (χ4n) is 2.15. The smallest absolute Gasteiger partial charge is 0.270 e. The molecule has 1 aromatic carbocycles. The molecule has 1 aliphatic rings. The number of rotatable bonds is 2. The van der Waals surface area contributed by atoms with Gasteiger partial charge in [0, 0.05) is 23.6 Å². The highest BCUT2D eigenvalue weighted by molar-refractivity contribution is 5.50. The SMILES string of the molecule is C#CC1c2cc([N+](=O)[O-])ccc2OCC1C(=C)C. The Morgan fingerprint density at radius 2 is 2.39 bits per heavy atom. The maximum Gasteiger partial charge on any atom is 0.270 e. The zero-order valence-corrected chi connectivity index (χ0v) is 10.1. The van der Waals surface area contributed by atoms with Crippen molar-refractivity contribution in [2.45, 2.75) is 12.8 Å². The van der Waals surface area contributed by atoms with Crippen LogP contribution in [-0.4, -0.2) is 11.5 Å². The number of nitro groups is 1. The minimum Gasteiger partial charge on any atom is -0.493 e. The Morgan fingerprint density at radius 3 is 2.94 bits per heavy atom. The number of non-ortho nitro benzene ring substituents is 1. The topological polar surface area (TPSA) is 52.4 Å². The molecular weight excluding hydrogens is 230 g/mol. The number of hydrogen-bond acceptors (Lipinski definition) is 3. The molecule has 0 saturated heterocycles. The second kappa shape index (κ2) is 4.53. The average molecular weight is 243 g/mol. The van der Waals surface area contributed by atoms with E-state index in [0.717, 1.165) is 5.57 Å². The molecule has 4 heteroatoms. The summed E-state index contributed by atoms with van der Waals surface area (Å²) >= 11 is 0. The van der Waals surface area contributed by atoms with E-state index in [4.69, 9.17) is 11.2 Å². The summed E-state index contributed by atoms with van der Waals surface area (Å²) in [5.41, 5.74) is 1.65. The van der Waals surface area contributed by atoms with Crippen LogP contribution in [0.3, 0.4) is 0 Å². The first kappa shape index (κ1) is 12.2. The summed E-state index contributed by atoms with van der Waals surface area (Å²) in [4.78, 5) is 10.4. The van der Waals surface area contributed by atoms with Crippen LogP contribution in [0.4, 0.5) is 5.69 Å². The van der Waals surface area contributed by atoms with E-state index in [1.54, 1.807) is 6.07 Å². The molecule has 0 amide bonds. The van der Waals surface area contributed by atoms with E-state index in [1.165, 1.54) is 12.1 Å². The summed E-state index contributed by atoms with van der Waals surface area (Å²) in [6.07, 6.45) is 5.56. The van der Waals surface area contributed by atoms with Crippen molar-refractivity contribution in [3.63, 3.8) is 0 Å². The third-order valence-electron chi connectivity index (χ3n) is 3.17. The van der Waals surface area contributed by atoms with Crippen molar-refractivity contribution >= 4 is 5.69 Å². The van der Waals surface area contributed by atoms with Gasteiger partial charge in [-0.1, -0.05) is 18.1 Å². The molecule has 2 rings (SSSR count). The average Bonchev–Trinajstić information content (AvgIpc) is 2.36. The van der Waals surface area contributed by atoms with Gasteiger partial charge in [-0.2, -0.15) is 0 Å². The highest BCUT2D eigenvalue weighted by Crippen LogP contribution is 2.40. The van der Waals surface area contributed by atoms with E-state index in [9.17, 15) is 10.1 Å². The van der Waals surface area contributed by atoms with Gasteiger partial charge < -0.3 is 4.74 Å². The van der Waals surface area contributed by atoms with Gasteiger partial charge in [-0.15, -0.1) is 6.42 Å². The van der Waals surface area contributed by atoms with Gasteiger partial charge in [-0.05, 0) is 13.0 Å². The van der Waals surface area contributed by atoms with Crippen LogP contribution in [0.1, 0.15) is 18.4 Å². The minimum atomic E-state index is -0.432. The monoisotopic (exact) mass is 243 g/mol. The number of nitrogens with zero attached hydrogens (tertiary/aromatic N) is 1. The van der Waals surface area contributed by atoms with Gasteiger partial charge >= 0.3 is 0 Å². The van der Waals surface area contributed by atoms with Crippen molar-refractivity contribution in [1.82, 2.24) is 0 Å². The molecule has 92 valence electrons. The Labute approximate surface area is 105 Å². The molecule has 1 aliphatic heterocycles. The number of terminal acetylenes is 1. The maximum absolute atomic E-state index is 10.8. The molecule has 1 aromatic rings. The Morgan fingerprint density at radius 1 is 1.67 bits per heavy atom. The van der Waals surface area contributed by atoms with Crippen LogP contribution in [0.15, 0.2) is 30.4 Å². The highest BCUT2D eigenvalue weighted by atomic mass is 16.6.